The van der Waals surface area contributed by atoms with Crippen LogP contribution >= 0.6 is 11.3 Å². The van der Waals surface area contributed by atoms with Gasteiger partial charge in [-0.2, -0.15) is 0 Å². The van der Waals surface area contributed by atoms with Crippen LogP contribution in [0.1, 0.15) is 22.2 Å². The highest BCUT2D eigenvalue weighted by Gasteiger charge is 2.49. The van der Waals surface area contributed by atoms with Gasteiger partial charge in [0.1, 0.15) is 28.4 Å². The summed E-state index contributed by atoms with van der Waals surface area (Å²) in [5.41, 5.74) is -0.165. The minimum Gasteiger partial charge on any atom is -0.507 e. The average molecular weight is 413 g/mol. The van der Waals surface area contributed by atoms with Crippen molar-refractivity contribution in [2.24, 2.45) is 0 Å². The van der Waals surface area contributed by atoms with Crippen LogP contribution in [0, 0.1) is 18.6 Å². The highest BCUT2D eigenvalue weighted by atomic mass is 32.1. The van der Waals surface area contributed by atoms with E-state index in [-0.39, 0.29) is 21.8 Å². The maximum atomic E-state index is 14.6. The van der Waals surface area contributed by atoms with Gasteiger partial charge in [0.05, 0.1) is 5.57 Å². The van der Waals surface area contributed by atoms with E-state index in [2.05, 4.69) is 10.2 Å². The number of nitrogens with zero attached hydrogens (tertiary/aromatic N) is 3. The standard InChI is InChI=1S/C20H13F2N3O3S/c1-10-23-24-20(29-10)25-16(13-4-2-3-5-14(13)22)15(18(27)19(25)28)17(26)11-6-8-12(21)9-7-11/h2-9,16,26H,1H3. The molecule has 1 N–H and O–H groups in total. The molecule has 0 saturated carbocycles. The number of anilines is 1. The van der Waals surface area contributed by atoms with Gasteiger partial charge in [-0.05, 0) is 37.3 Å². The smallest absolute Gasteiger partial charge is 0.301 e. The van der Waals surface area contributed by atoms with Crippen molar-refractivity contribution in [1.29, 1.82) is 0 Å². The summed E-state index contributed by atoms with van der Waals surface area (Å²) in [5.74, 6) is -3.67. The normalized spacial score (nSPS) is 18.4. The summed E-state index contributed by atoms with van der Waals surface area (Å²) >= 11 is 1.06. The zero-order chi connectivity index (χ0) is 20.7. The highest BCUT2D eigenvalue weighted by Crippen LogP contribution is 2.43. The van der Waals surface area contributed by atoms with Crippen molar-refractivity contribution in [2.45, 2.75) is 13.0 Å². The van der Waals surface area contributed by atoms with E-state index in [9.17, 15) is 23.5 Å². The summed E-state index contributed by atoms with van der Waals surface area (Å²) < 4.78 is 27.9. The number of amides is 1. The Labute approximate surface area is 167 Å². The van der Waals surface area contributed by atoms with E-state index in [0.717, 1.165) is 28.4 Å². The van der Waals surface area contributed by atoms with Crippen molar-refractivity contribution in [3.8, 4) is 0 Å². The van der Waals surface area contributed by atoms with Crippen molar-refractivity contribution >= 4 is 33.9 Å². The van der Waals surface area contributed by atoms with E-state index in [0.29, 0.717) is 5.01 Å². The van der Waals surface area contributed by atoms with Gasteiger partial charge in [0.15, 0.2) is 0 Å². The molecule has 29 heavy (non-hydrogen) atoms. The van der Waals surface area contributed by atoms with Gasteiger partial charge in [-0.1, -0.05) is 29.5 Å². The lowest BCUT2D eigenvalue weighted by Gasteiger charge is -2.22. The number of ketones is 1. The van der Waals surface area contributed by atoms with Gasteiger partial charge >= 0.3 is 5.91 Å². The van der Waals surface area contributed by atoms with Gasteiger partial charge in [-0.15, -0.1) is 10.2 Å². The Balaban J connectivity index is 1.97. The number of aryl methyl sites for hydroxylation is 1. The summed E-state index contributed by atoms with van der Waals surface area (Å²) in [4.78, 5) is 26.6. The fourth-order valence-electron chi connectivity index (χ4n) is 3.17. The van der Waals surface area contributed by atoms with Crippen molar-refractivity contribution in [2.75, 3.05) is 4.90 Å². The Bertz CT molecular complexity index is 1160. The first-order valence-electron chi connectivity index (χ1n) is 8.50. The largest absolute Gasteiger partial charge is 0.507 e. The van der Waals surface area contributed by atoms with Crippen LogP contribution in [-0.4, -0.2) is 27.0 Å². The number of halogens is 2. The topological polar surface area (TPSA) is 83.4 Å². The fourth-order valence-corrected chi connectivity index (χ4v) is 3.88. The predicted molar refractivity (Wildman–Crippen MR) is 102 cm³/mol. The maximum Gasteiger partial charge on any atom is 0.301 e. The number of rotatable bonds is 3. The van der Waals surface area contributed by atoms with Gasteiger partial charge < -0.3 is 5.11 Å². The van der Waals surface area contributed by atoms with Crippen LogP contribution in [0.5, 0.6) is 0 Å². The van der Waals surface area contributed by atoms with Crippen molar-refractivity contribution < 1.29 is 23.5 Å². The number of hydrogen-bond acceptors (Lipinski definition) is 6. The molecule has 0 radical (unpaired) electrons. The third kappa shape index (κ3) is 3.19. The molecule has 2 heterocycles. The number of benzene rings is 2. The Morgan fingerprint density at radius 2 is 1.76 bits per heavy atom. The Kier molecular flexibility index (Phi) is 4.67. The monoisotopic (exact) mass is 413 g/mol. The Hall–Kier alpha value is -3.46. The van der Waals surface area contributed by atoms with Crippen LogP contribution < -0.4 is 4.90 Å². The molecule has 1 aromatic heterocycles. The van der Waals surface area contributed by atoms with Crippen LogP contribution in [0.25, 0.3) is 5.76 Å². The Morgan fingerprint density at radius 3 is 2.38 bits per heavy atom. The molecule has 9 heteroatoms. The molecule has 3 aromatic rings. The van der Waals surface area contributed by atoms with E-state index in [1.165, 1.54) is 30.3 Å². The first-order chi connectivity index (χ1) is 13.9. The second kappa shape index (κ2) is 7.17. The lowest BCUT2D eigenvalue weighted by Crippen LogP contribution is -2.29. The number of aromatic nitrogens is 2. The SMILES string of the molecule is Cc1nnc(N2C(=O)C(=O)C(=C(O)c3ccc(F)cc3)C2c2ccccc2F)s1. The molecular formula is C20H13F2N3O3S. The van der Waals surface area contributed by atoms with Crippen molar-refractivity contribution in [1.82, 2.24) is 10.2 Å². The molecule has 6 nitrogen and oxygen atoms in total. The van der Waals surface area contributed by atoms with Crippen molar-refractivity contribution in [3.63, 3.8) is 0 Å². The number of Topliss-reactive ketones (excluding diaryl/α,β-unsaturated/α-hetero) is 1. The number of hydrogen-bond donors (Lipinski definition) is 1. The molecule has 0 bridgehead atoms. The molecule has 4 rings (SSSR count). The molecule has 146 valence electrons. The predicted octanol–water partition coefficient (Wildman–Crippen LogP) is 3.75. The average Bonchev–Trinajstić information content (AvgIpc) is 3.23. The van der Waals surface area contributed by atoms with E-state index < -0.39 is 35.1 Å². The second-order valence-corrected chi connectivity index (χ2v) is 7.46. The van der Waals surface area contributed by atoms with E-state index in [1.54, 1.807) is 13.0 Å². The highest BCUT2D eigenvalue weighted by molar-refractivity contribution is 7.15. The molecule has 1 amide bonds. The molecule has 0 aliphatic carbocycles. The van der Waals surface area contributed by atoms with Gasteiger partial charge in [0.25, 0.3) is 5.78 Å². The second-order valence-electron chi connectivity index (χ2n) is 6.30. The van der Waals surface area contributed by atoms with Gasteiger partial charge in [0.2, 0.25) is 5.13 Å². The molecular weight excluding hydrogens is 400 g/mol. The molecule has 1 aliphatic rings. The summed E-state index contributed by atoms with van der Waals surface area (Å²) in [6, 6.07) is 9.16. The fraction of sp³-hybridized carbons (Fsp3) is 0.100. The van der Waals surface area contributed by atoms with Crippen LogP contribution in [0.3, 0.4) is 0 Å². The zero-order valence-electron chi connectivity index (χ0n) is 15.0. The molecule has 1 saturated heterocycles. The number of aliphatic hydroxyl groups excluding tert-OH is 1. The Morgan fingerprint density at radius 1 is 1.07 bits per heavy atom. The maximum absolute atomic E-state index is 14.6. The first kappa shape index (κ1) is 18.9. The minimum absolute atomic E-state index is 0.0169. The summed E-state index contributed by atoms with van der Waals surface area (Å²) in [7, 11) is 0. The molecule has 1 atom stereocenters. The summed E-state index contributed by atoms with van der Waals surface area (Å²) in [5, 5.41) is 19.2. The molecule has 1 fully saturated rings. The van der Waals surface area contributed by atoms with Gasteiger partial charge in [-0.25, -0.2) is 8.78 Å². The minimum atomic E-state index is -1.24. The van der Waals surface area contributed by atoms with Gasteiger partial charge in [0, 0.05) is 11.1 Å². The summed E-state index contributed by atoms with van der Waals surface area (Å²) in [6.45, 7) is 1.67. The van der Waals surface area contributed by atoms with Crippen LogP contribution in [0.2, 0.25) is 0 Å². The number of carbonyl (C=O) groups excluding carboxylic acids is 2. The number of carbonyl (C=O) groups is 2. The zero-order valence-corrected chi connectivity index (χ0v) is 15.8. The summed E-state index contributed by atoms with van der Waals surface area (Å²) in [6.07, 6.45) is 0. The van der Waals surface area contributed by atoms with Crippen LogP contribution in [-0.2, 0) is 9.59 Å². The van der Waals surface area contributed by atoms with Crippen molar-refractivity contribution in [3.05, 3.63) is 81.9 Å². The van der Waals surface area contributed by atoms with Crippen LogP contribution in [0.15, 0.2) is 54.1 Å². The molecule has 1 unspecified atom stereocenters. The lowest BCUT2D eigenvalue weighted by molar-refractivity contribution is -0.132. The van der Waals surface area contributed by atoms with E-state index >= 15 is 0 Å². The molecule has 0 spiro atoms. The first-order valence-corrected chi connectivity index (χ1v) is 9.31. The molecule has 2 aromatic carbocycles. The van der Waals surface area contributed by atoms with Crippen LogP contribution in [0.4, 0.5) is 13.9 Å². The third-order valence-electron chi connectivity index (χ3n) is 4.48. The quantitative estimate of drug-likeness (QED) is 0.402. The van der Waals surface area contributed by atoms with E-state index in [1.807, 2.05) is 0 Å². The lowest BCUT2D eigenvalue weighted by atomic mass is 9.95. The van der Waals surface area contributed by atoms with E-state index in [4.69, 9.17) is 0 Å². The number of aliphatic hydroxyl groups is 1. The molecule has 1 aliphatic heterocycles. The van der Waals surface area contributed by atoms with Gasteiger partial charge in [-0.3, -0.25) is 14.5 Å². The third-order valence-corrected chi connectivity index (χ3v) is 5.32.